The van der Waals surface area contributed by atoms with Crippen molar-refractivity contribution in [3.05, 3.63) is 60.2 Å². The van der Waals surface area contributed by atoms with Crippen molar-refractivity contribution in [3.63, 3.8) is 0 Å². The molecular formula is C19H19NO5. The predicted molar refractivity (Wildman–Crippen MR) is 90.7 cm³/mol. The van der Waals surface area contributed by atoms with E-state index in [0.29, 0.717) is 30.0 Å². The molecule has 1 fully saturated rings. The van der Waals surface area contributed by atoms with E-state index in [1.807, 2.05) is 0 Å². The molecule has 3 rings (SSSR count). The summed E-state index contributed by atoms with van der Waals surface area (Å²) in [6, 6.07) is 15.4. The number of likely N-dealkylation sites (tertiary alicyclic amines) is 1. The summed E-state index contributed by atoms with van der Waals surface area (Å²) >= 11 is 0. The topological polar surface area (TPSA) is 76.1 Å². The van der Waals surface area contributed by atoms with E-state index in [0.717, 1.165) is 0 Å². The average molecular weight is 341 g/mol. The molecule has 1 atom stereocenters. The molecule has 1 amide bonds. The highest BCUT2D eigenvalue weighted by Gasteiger charge is 2.53. The first kappa shape index (κ1) is 16.8. The SMILES string of the molecule is COc1ccccc1OC1(C(=O)O)CCCN1C(=O)c1ccccc1. The minimum atomic E-state index is -1.75. The molecule has 1 saturated heterocycles. The number of rotatable bonds is 5. The summed E-state index contributed by atoms with van der Waals surface area (Å²) in [6.45, 7) is 0.315. The number of hydrogen-bond donors (Lipinski definition) is 1. The zero-order valence-electron chi connectivity index (χ0n) is 13.8. The van der Waals surface area contributed by atoms with Crippen molar-refractivity contribution >= 4 is 11.9 Å². The smallest absolute Gasteiger partial charge is 0.370 e. The summed E-state index contributed by atoms with van der Waals surface area (Å²) in [5.74, 6) is -0.849. The van der Waals surface area contributed by atoms with Gasteiger partial charge in [0.25, 0.3) is 11.6 Å². The summed E-state index contributed by atoms with van der Waals surface area (Å²) in [6.07, 6.45) is 0.749. The van der Waals surface area contributed by atoms with Crippen molar-refractivity contribution in [2.75, 3.05) is 13.7 Å². The summed E-state index contributed by atoms with van der Waals surface area (Å²) < 4.78 is 11.1. The van der Waals surface area contributed by atoms with Gasteiger partial charge in [-0.15, -0.1) is 0 Å². The standard InChI is InChI=1S/C19H19NO5/c1-24-15-10-5-6-11-16(15)25-19(18(22)23)12-7-13-20(19)17(21)14-8-3-2-4-9-14/h2-6,8-11H,7,12-13H2,1H3,(H,22,23). The van der Waals surface area contributed by atoms with Crippen LogP contribution in [0.1, 0.15) is 23.2 Å². The highest BCUT2D eigenvalue weighted by Crippen LogP contribution is 2.37. The van der Waals surface area contributed by atoms with Gasteiger partial charge in [-0.2, -0.15) is 0 Å². The molecule has 0 aromatic heterocycles. The molecule has 0 saturated carbocycles. The number of nitrogens with zero attached hydrogens (tertiary/aromatic N) is 1. The molecule has 130 valence electrons. The number of ether oxygens (including phenoxy) is 2. The third kappa shape index (κ3) is 3.03. The minimum absolute atomic E-state index is 0.207. The van der Waals surface area contributed by atoms with Crippen LogP contribution in [0.4, 0.5) is 0 Å². The lowest BCUT2D eigenvalue weighted by atomic mass is 10.1. The van der Waals surface area contributed by atoms with Crippen LogP contribution < -0.4 is 9.47 Å². The molecule has 1 unspecified atom stereocenters. The fourth-order valence-electron chi connectivity index (χ4n) is 3.05. The molecule has 25 heavy (non-hydrogen) atoms. The van der Waals surface area contributed by atoms with Crippen LogP contribution in [-0.4, -0.2) is 41.3 Å². The van der Waals surface area contributed by atoms with Gasteiger partial charge in [-0.3, -0.25) is 9.69 Å². The molecule has 0 bridgehead atoms. The number of carboxylic acid groups (broad SMARTS) is 1. The first-order chi connectivity index (χ1) is 12.1. The summed E-state index contributed by atoms with van der Waals surface area (Å²) in [7, 11) is 1.48. The maximum atomic E-state index is 12.9. The number of carboxylic acids is 1. The Bertz CT molecular complexity index is 776. The summed E-state index contributed by atoms with van der Waals surface area (Å²) in [5.41, 5.74) is -1.32. The van der Waals surface area contributed by atoms with E-state index in [2.05, 4.69) is 0 Å². The first-order valence-corrected chi connectivity index (χ1v) is 8.01. The number of methoxy groups -OCH3 is 1. The summed E-state index contributed by atoms with van der Waals surface area (Å²) in [5, 5.41) is 9.90. The molecule has 6 nitrogen and oxygen atoms in total. The van der Waals surface area contributed by atoms with E-state index < -0.39 is 11.7 Å². The third-order valence-corrected chi connectivity index (χ3v) is 4.28. The normalized spacial score (nSPS) is 19.5. The largest absolute Gasteiger partial charge is 0.493 e. The highest BCUT2D eigenvalue weighted by molar-refractivity contribution is 5.98. The minimum Gasteiger partial charge on any atom is -0.493 e. The second kappa shape index (κ2) is 6.84. The Balaban J connectivity index is 1.98. The number of benzene rings is 2. The fraction of sp³-hybridized carbons (Fsp3) is 0.263. The Morgan fingerprint density at radius 1 is 1.04 bits per heavy atom. The van der Waals surface area contributed by atoms with Gasteiger partial charge in [0.1, 0.15) is 0 Å². The molecule has 2 aromatic rings. The van der Waals surface area contributed by atoms with Gasteiger partial charge in [-0.05, 0) is 30.7 Å². The van der Waals surface area contributed by atoms with Crippen molar-refractivity contribution in [1.82, 2.24) is 4.90 Å². The number of carbonyl (C=O) groups excluding carboxylic acids is 1. The quantitative estimate of drug-likeness (QED) is 0.905. The van der Waals surface area contributed by atoms with E-state index in [4.69, 9.17) is 9.47 Å². The molecule has 6 heteroatoms. The van der Waals surface area contributed by atoms with Crippen molar-refractivity contribution in [1.29, 1.82) is 0 Å². The van der Waals surface area contributed by atoms with Crippen LogP contribution in [0.5, 0.6) is 11.5 Å². The molecule has 1 heterocycles. The van der Waals surface area contributed by atoms with Gasteiger partial charge in [0.2, 0.25) is 0 Å². The van der Waals surface area contributed by atoms with Gasteiger partial charge in [-0.25, -0.2) is 4.79 Å². The van der Waals surface area contributed by atoms with E-state index in [9.17, 15) is 14.7 Å². The van der Waals surface area contributed by atoms with Crippen LogP contribution in [0.25, 0.3) is 0 Å². The average Bonchev–Trinajstić information content (AvgIpc) is 3.07. The van der Waals surface area contributed by atoms with Crippen molar-refractivity contribution in [3.8, 4) is 11.5 Å². The number of carbonyl (C=O) groups is 2. The van der Waals surface area contributed by atoms with Gasteiger partial charge in [-0.1, -0.05) is 30.3 Å². The van der Waals surface area contributed by atoms with Gasteiger partial charge in [0.15, 0.2) is 11.5 Å². The number of para-hydroxylation sites is 2. The van der Waals surface area contributed by atoms with Crippen molar-refractivity contribution in [2.24, 2.45) is 0 Å². The van der Waals surface area contributed by atoms with Crippen LogP contribution in [0.2, 0.25) is 0 Å². The number of hydrogen-bond acceptors (Lipinski definition) is 4. The van der Waals surface area contributed by atoms with E-state index in [-0.39, 0.29) is 12.3 Å². The van der Waals surface area contributed by atoms with Crippen LogP contribution >= 0.6 is 0 Å². The molecule has 0 radical (unpaired) electrons. The second-order valence-corrected chi connectivity index (χ2v) is 5.77. The lowest BCUT2D eigenvalue weighted by Crippen LogP contribution is -2.57. The van der Waals surface area contributed by atoms with Crippen LogP contribution in [-0.2, 0) is 4.79 Å². The third-order valence-electron chi connectivity index (χ3n) is 4.28. The van der Waals surface area contributed by atoms with Gasteiger partial charge in [0.05, 0.1) is 7.11 Å². The second-order valence-electron chi connectivity index (χ2n) is 5.77. The Labute approximate surface area is 145 Å². The van der Waals surface area contributed by atoms with Gasteiger partial charge in [0, 0.05) is 18.5 Å². The Kier molecular flexibility index (Phi) is 4.61. The molecule has 0 spiro atoms. The van der Waals surface area contributed by atoms with Crippen molar-refractivity contribution in [2.45, 2.75) is 18.6 Å². The molecule has 1 aliphatic rings. The van der Waals surface area contributed by atoms with Gasteiger partial charge < -0.3 is 14.6 Å². The zero-order valence-corrected chi connectivity index (χ0v) is 13.8. The Hall–Kier alpha value is -3.02. The first-order valence-electron chi connectivity index (χ1n) is 8.01. The molecule has 2 aromatic carbocycles. The van der Waals surface area contributed by atoms with Crippen LogP contribution in [0.15, 0.2) is 54.6 Å². The number of aliphatic carboxylic acids is 1. The van der Waals surface area contributed by atoms with E-state index in [1.165, 1.54) is 12.0 Å². The van der Waals surface area contributed by atoms with Gasteiger partial charge >= 0.3 is 5.97 Å². The fourth-order valence-corrected chi connectivity index (χ4v) is 3.05. The number of amides is 1. The predicted octanol–water partition coefficient (Wildman–Crippen LogP) is 2.79. The van der Waals surface area contributed by atoms with E-state index >= 15 is 0 Å². The maximum Gasteiger partial charge on any atom is 0.370 e. The monoisotopic (exact) mass is 341 g/mol. The maximum absolute atomic E-state index is 12.9. The Morgan fingerprint density at radius 2 is 1.68 bits per heavy atom. The highest BCUT2D eigenvalue weighted by atomic mass is 16.6. The lowest BCUT2D eigenvalue weighted by molar-refractivity contribution is -0.166. The van der Waals surface area contributed by atoms with Crippen LogP contribution in [0.3, 0.4) is 0 Å². The van der Waals surface area contributed by atoms with Crippen LogP contribution in [0, 0.1) is 0 Å². The molecular weight excluding hydrogens is 322 g/mol. The summed E-state index contributed by atoms with van der Waals surface area (Å²) in [4.78, 5) is 26.3. The van der Waals surface area contributed by atoms with Crippen molar-refractivity contribution < 1.29 is 24.2 Å². The molecule has 1 N–H and O–H groups in total. The lowest BCUT2D eigenvalue weighted by Gasteiger charge is -2.35. The molecule has 1 aliphatic heterocycles. The Morgan fingerprint density at radius 3 is 2.32 bits per heavy atom. The van der Waals surface area contributed by atoms with E-state index in [1.54, 1.807) is 54.6 Å². The zero-order chi connectivity index (χ0) is 17.9. The molecule has 0 aliphatic carbocycles.